The number of likely N-dealkylation sites (N-methyl/N-ethyl adjacent to an activating group) is 1. The van der Waals surface area contributed by atoms with E-state index in [0.29, 0.717) is 11.7 Å². The maximum atomic E-state index is 13.4. The van der Waals surface area contributed by atoms with Crippen molar-refractivity contribution < 1.29 is 4.79 Å². The fourth-order valence-electron chi connectivity index (χ4n) is 4.07. The molecule has 1 N–H and O–H groups in total. The minimum Gasteiger partial charge on any atom is -0.333 e. The highest BCUT2D eigenvalue weighted by Gasteiger charge is 2.28. The number of carbonyl (C=O) groups is 1. The molecule has 1 amide bonds. The molecule has 1 fully saturated rings. The number of H-pyrrole nitrogens is 1. The summed E-state index contributed by atoms with van der Waals surface area (Å²) in [5, 5.41) is 10.0. The molecule has 3 aromatic rings. The topological polar surface area (TPSA) is 65.1 Å². The molecule has 0 aliphatic heterocycles. The predicted octanol–water partition coefficient (Wildman–Crippen LogP) is 4.54. The van der Waals surface area contributed by atoms with Crippen LogP contribution in [0.25, 0.3) is 21.8 Å². The molecule has 7 heteroatoms. The quantitative estimate of drug-likeness (QED) is 0.606. The fourth-order valence-corrected chi connectivity index (χ4v) is 4.88. The molecule has 0 unspecified atom stereocenters. The van der Waals surface area contributed by atoms with Crippen molar-refractivity contribution in [1.29, 1.82) is 0 Å². The van der Waals surface area contributed by atoms with Gasteiger partial charge in [0.2, 0.25) is 0 Å². The summed E-state index contributed by atoms with van der Waals surface area (Å²) in [4.78, 5) is 22.4. The van der Waals surface area contributed by atoms with E-state index in [9.17, 15) is 4.79 Å². The zero-order valence-corrected chi connectivity index (χ0v) is 18.5. The van der Waals surface area contributed by atoms with Gasteiger partial charge in [0.15, 0.2) is 0 Å². The smallest absolute Gasteiger partial charge is 0.273 e. The Labute approximate surface area is 181 Å². The molecule has 1 aromatic carbocycles. The lowest BCUT2D eigenvalue weighted by atomic mass is 9.94. The van der Waals surface area contributed by atoms with E-state index in [1.807, 2.05) is 35.7 Å². The summed E-state index contributed by atoms with van der Waals surface area (Å²) < 4.78 is 0. The van der Waals surface area contributed by atoms with Gasteiger partial charge in [0.05, 0.1) is 17.5 Å². The van der Waals surface area contributed by atoms with E-state index in [0.717, 1.165) is 47.8 Å². The number of nitrogens with zero attached hydrogens (tertiary/aromatic N) is 4. The van der Waals surface area contributed by atoms with E-state index in [1.165, 1.54) is 30.6 Å². The lowest BCUT2D eigenvalue weighted by molar-refractivity contribution is 0.0613. The monoisotopic (exact) mass is 423 g/mol. The van der Waals surface area contributed by atoms with Crippen molar-refractivity contribution in [2.24, 2.45) is 0 Å². The van der Waals surface area contributed by atoms with Crippen LogP contribution >= 0.6 is 11.3 Å². The highest BCUT2D eigenvalue weighted by Crippen LogP contribution is 2.33. The molecule has 6 nitrogen and oxygen atoms in total. The van der Waals surface area contributed by atoms with E-state index in [4.69, 9.17) is 4.98 Å². The average Bonchev–Trinajstić information content (AvgIpc) is 3.44. The summed E-state index contributed by atoms with van der Waals surface area (Å²) in [5.74, 6) is 0.0519. The van der Waals surface area contributed by atoms with Crippen LogP contribution in [0.1, 0.15) is 42.6 Å². The Bertz CT molecular complexity index is 959. The van der Waals surface area contributed by atoms with Gasteiger partial charge in [-0.15, -0.1) is 11.3 Å². The van der Waals surface area contributed by atoms with Crippen molar-refractivity contribution in [2.45, 2.75) is 38.1 Å². The van der Waals surface area contributed by atoms with Gasteiger partial charge in [-0.1, -0.05) is 49.6 Å². The molecule has 0 spiro atoms. The third-order valence-corrected chi connectivity index (χ3v) is 6.60. The predicted molar refractivity (Wildman–Crippen MR) is 122 cm³/mol. The van der Waals surface area contributed by atoms with Crippen molar-refractivity contribution >= 4 is 17.2 Å². The van der Waals surface area contributed by atoms with Crippen LogP contribution in [0.15, 0.2) is 41.9 Å². The number of aromatic nitrogens is 3. The highest BCUT2D eigenvalue weighted by molar-refractivity contribution is 7.13. The van der Waals surface area contributed by atoms with Crippen LogP contribution < -0.4 is 0 Å². The van der Waals surface area contributed by atoms with Gasteiger partial charge in [-0.05, 0) is 26.9 Å². The van der Waals surface area contributed by atoms with Crippen molar-refractivity contribution in [3.05, 3.63) is 47.6 Å². The maximum Gasteiger partial charge on any atom is 0.273 e. The molecule has 1 aliphatic carbocycles. The minimum absolute atomic E-state index is 0.0519. The number of thiazole rings is 1. The second-order valence-electron chi connectivity index (χ2n) is 8.16. The molecule has 1 saturated carbocycles. The Morgan fingerprint density at radius 2 is 1.90 bits per heavy atom. The molecule has 0 radical (unpaired) electrons. The zero-order valence-electron chi connectivity index (χ0n) is 17.7. The molecule has 0 saturated heterocycles. The second kappa shape index (κ2) is 9.53. The van der Waals surface area contributed by atoms with Crippen molar-refractivity contribution in [3.8, 4) is 21.8 Å². The summed E-state index contributed by atoms with van der Waals surface area (Å²) in [6.45, 7) is 1.60. The van der Waals surface area contributed by atoms with Gasteiger partial charge in [-0.2, -0.15) is 5.10 Å². The number of benzene rings is 1. The van der Waals surface area contributed by atoms with Gasteiger partial charge in [0.1, 0.15) is 10.7 Å². The van der Waals surface area contributed by atoms with E-state index in [-0.39, 0.29) is 5.91 Å². The Morgan fingerprint density at radius 3 is 2.63 bits per heavy atom. The van der Waals surface area contributed by atoms with Crippen LogP contribution in [0.3, 0.4) is 0 Å². The molecule has 1 aliphatic rings. The molecule has 2 heterocycles. The van der Waals surface area contributed by atoms with Gasteiger partial charge in [-0.25, -0.2) is 4.98 Å². The van der Waals surface area contributed by atoms with Crippen molar-refractivity contribution in [1.82, 2.24) is 25.0 Å². The van der Waals surface area contributed by atoms with Gasteiger partial charge in [-0.3, -0.25) is 9.89 Å². The zero-order chi connectivity index (χ0) is 20.9. The third kappa shape index (κ3) is 4.63. The summed E-state index contributed by atoms with van der Waals surface area (Å²) >= 11 is 1.50. The molecule has 30 heavy (non-hydrogen) atoms. The van der Waals surface area contributed by atoms with Crippen LogP contribution in [0.4, 0.5) is 0 Å². The second-order valence-corrected chi connectivity index (χ2v) is 9.01. The normalized spacial score (nSPS) is 14.9. The molecule has 4 rings (SSSR count). The van der Waals surface area contributed by atoms with Gasteiger partial charge >= 0.3 is 0 Å². The lowest BCUT2D eigenvalue weighted by Crippen LogP contribution is -2.44. The van der Waals surface area contributed by atoms with E-state index in [1.54, 1.807) is 6.20 Å². The first-order valence-electron chi connectivity index (χ1n) is 10.6. The van der Waals surface area contributed by atoms with Crippen LogP contribution in [-0.4, -0.2) is 64.1 Å². The third-order valence-electron chi connectivity index (χ3n) is 5.72. The fraction of sp³-hybridized carbons (Fsp3) is 0.435. The number of aromatic amines is 1. The van der Waals surface area contributed by atoms with Gasteiger partial charge < -0.3 is 9.80 Å². The number of nitrogens with one attached hydrogen (secondary N) is 1. The molecular weight excluding hydrogens is 394 g/mol. The van der Waals surface area contributed by atoms with Crippen molar-refractivity contribution in [2.75, 3.05) is 27.2 Å². The highest BCUT2D eigenvalue weighted by atomic mass is 32.1. The summed E-state index contributed by atoms with van der Waals surface area (Å²) in [6.07, 6.45) is 7.66. The Kier molecular flexibility index (Phi) is 6.59. The number of amides is 1. The summed E-state index contributed by atoms with van der Waals surface area (Å²) in [5.41, 5.74) is 3.46. The first kappa shape index (κ1) is 20.8. The number of hydrogen-bond donors (Lipinski definition) is 1. The molecular formula is C23H29N5OS. The van der Waals surface area contributed by atoms with Crippen molar-refractivity contribution in [3.63, 3.8) is 0 Å². The standard InChI is InChI=1S/C23H29N5OS/c1-27(2)13-14-28(18-11-7-4-8-12-18)23(29)20-16-30-22(25-20)19-15-24-26-21(19)17-9-5-3-6-10-17/h3,5-6,9-10,15-16,18H,4,7-8,11-14H2,1-2H3,(H,24,26). The average molecular weight is 424 g/mol. The Balaban J connectivity index is 1.58. The molecule has 2 aromatic heterocycles. The minimum atomic E-state index is 0.0519. The van der Waals surface area contributed by atoms with E-state index >= 15 is 0 Å². The van der Waals surface area contributed by atoms with Crippen LogP contribution in [0.2, 0.25) is 0 Å². The number of rotatable bonds is 7. The Morgan fingerprint density at radius 1 is 1.13 bits per heavy atom. The summed E-state index contributed by atoms with van der Waals surface area (Å²) in [7, 11) is 4.10. The number of hydrogen-bond acceptors (Lipinski definition) is 5. The van der Waals surface area contributed by atoms with Crippen LogP contribution in [0, 0.1) is 0 Å². The summed E-state index contributed by atoms with van der Waals surface area (Å²) in [6, 6.07) is 10.4. The lowest BCUT2D eigenvalue weighted by Gasteiger charge is -2.34. The largest absolute Gasteiger partial charge is 0.333 e. The van der Waals surface area contributed by atoms with Gasteiger partial charge in [0, 0.05) is 30.1 Å². The molecule has 0 bridgehead atoms. The van der Waals surface area contributed by atoms with Crippen LogP contribution in [-0.2, 0) is 0 Å². The first-order valence-corrected chi connectivity index (χ1v) is 11.5. The van der Waals surface area contributed by atoms with E-state index in [2.05, 4.69) is 34.1 Å². The molecule has 158 valence electrons. The number of carbonyl (C=O) groups excluding carboxylic acids is 1. The molecule has 0 atom stereocenters. The maximum absolute atomic E-state index is 13.4. The van der Waals surface area contributed by atoms with E-state index < -0.39 is 0 Å². The Hall–Kier alpha value is -2.51. The SMILES string of the molecule is CN(C)CCN(C(=O)c1csc(-c2cn[nH]c2-c2ccccc2)n1)C1CCCCC1. The first-order chi connectivity index (χ1) is 14.6. The van der Waals surface area contributed by atoms with Crippen LogP contribution in [0.5, 0.6) is 0 Å². The van der Waals surface area contributed by atoms with Gasteiger partial charge in [0.25, 0.3) is 5.91 Å².